The van der Waals surface area contributed by atoms with Gasteiger partial charge in [-0.15, -0.1) is 15.3 Å². The number of hydrogen-bond acceptors (Lipinski definition) is 5. The van der Waals surface area contributed by atoms with Crippen LogP contribution in [0.2, 0.25) is 10.0 Å². The van der Waals surface area contributed by atoms with Gasteiger partial charge in [-0.3, -0.25) is 4.79 Å². The van der Waals surface area contributed by atoms with Gasteiger partial charge in [-0.2, -0.15) is 4.52 Å². The Kier molecular flexibility index (Phi) is 4.65. The summed E-state index contributed by atoms with van der Waals surface area (Å²) in [6, 6.07) is 9.11. The fraction of sp³-hybridized carbons (Fsp3) is 0.294. The number of rotatable bonds is 3. The molecule has 1 saturated heterocycles. The number of fused-ring (bicyclic) bond motifs is 1. The van der Waals surface area contributed by atoms with E-state index in [-0.39, 0.29) is 5.91 Å². The SMILES string of the molecule is O=C(Cc1ccc(Cl)c(Cl)c1)N1CCN(c2ccc3nncn3n2)CC1. The van der Waals surface area contributed by atoms with Crippen LogP contribution in [0, 0.1) is 0 Å². The van der Waals surface area contributed by atoms with E-state index in [0.29, 0.717) is 35.2 Å². The molecule has 0 radical (unpaired) electrons. The summed E-state index contributed by atoms with van der Waals surface area (Å²) >= 11 is 11.9. The summed E-state index contributed by atoms with van der Waals surface area (Å²) in [7, 11) is 0. The molecule has 0 spiro atoms. The molecule has 26 heavy (non-hydrogen) atoms. The summed E-state index contributed by atoms with van der Waals surface area (Å²) in [6.45, 7) is 2.77. The van der Waals surface area contributed by atoms with Gasteiger partial charge in [0.25, 0.3) is 0 Å². The zero-order valence-electron chi connectivity index (χ0n) is 13.8. The standard InChI is InChI=1S/C17H16Cl2N6O/c18-13-2-1-12(9-14(13)19)10-17(26)24-7-5-23(6-8-24)16-4-3-15-21-20-11-25(15)22-16/h1-4,9,11H,5-8,10H2. The van der Waals surface area contributed by atoms with Crippen LogP contribution in [0.25, 0.3) is 5.65 Å². The van der Waals surface area contributed by atoms with Gasteiger partial charge < -0.3 is 9.80 Å². The molecule has 0 bridgehead atoms. The Morgan fingerprint density at radius 3 is 2.62 bits per heavy atom. The maximum Gasteiger partial charge on any atom is 0.227 e. The van der Waals surface area contributed by atoms with Crippen LogP contribution in [0.5, 0.6) is 0 Å². The molecule has 9 heteroatoms. The molecule has 3 aromatic rings. The minimum absolute atomic E-state index is 0.0882. The lowest BCUT2D eigenvalue weighted by atomic mass is 10.1. The zero-order valence-corrected chi connectivity index (χ0v) is 15.4. The van der Waals surface area contributed by atoms with E-state index in [4.69, 9.17) is 23.2 Å². The quantitative estimate of drug-likeness (QED) is 0.686. The normalized spacial score (nSPS) is 14.8. The molecule has 4 rings (SSSR count). The molecule has 134 valence electrons. The number of piperazine rings is 1. The number of halogens is 2. The summed E-state index contributed by atoms with van der Waals surface area (Å²) in [5, 5.41) is 13.3. The third-order valence-corrected chi connectivity index (χ3v) is 5.18. The predicted octanol–water partition coefficient (Wildman–Crippen LogP) is 2.32. The summed E-state index contributed by atoms with van der Waals surface area (Å²) < 4.78 is 1.65. The second-order valence-electron chi connectivity index (χ2n) is 6.12. The number of anilines is 1. The molecule has 0 atom stereocenters. The molecule has 0 saturated carbocycles. The van der Waals surface area contributed by atoms with Crippen LogP contribution in [0.15, 0.2) is 36.7 Å². The smallest absolute Gasteiger partial charge is 0.227 e. The van der Waals surface area contributed by atoms with E-state index in [2.05, 4.69) is 20.2 Å². The van der Waals surface area contributed by atoms with Crippen molar-refractivity contribution in [2.24, 2.45) is 0 Å². The fourth-order valence-electron chi connectivity index (χ4n) is 3.01. The Morgan fingerprint density at radius 1 is 1.04 bits per heavy atom. The van der Waals surface area contributed by atoms with Crippen molar-refractivity contribution in [1.29, 1.82) is 0 Å². The zero-order chi connectivity index (χ0) is 18.1. The molecule has 1 aliphatic heterocycles. The van der Waals surface area contributed by atoms with E-state index in [1.165, 1.54) is 0 Å². The van der Waals surface area contributed by atoms with Crippen molar-refractivity contribution in [1.82, 2.24) is 24.7 Å². The van der Waals surface area contributed by atoms with Gasteiger partial charge in [-0.05, 0) is 29.8 Å². The van der Waals surface area contributed by atoms with Crippen molar-refractivity contribution in [3.63, 3.8) is 0 Å². The van der Waals surface area contributed by atoms with Crippen molar-refractivity contribution in [3.05, 3.63) is 52.3 Å². The molecule has 3 heterocycles. The van der Waals surface area contributed by atoms with E-state index in [0.717, 1.165) is 24.5 Å². The number of benzene rings is 1. The third kappa shape index (κ3) is 3.45. The van der Waals surface area contributed by atoms with Crippen LogP contribution in [0.1, 0.15) is 5.56 Å². The predicted molar refractivity (Wildman–Crippen MR) is 99.7 cm³/mol. The van der Waals surface area contributed by atoms with Crippen molar-refractivity contribution >= 4 is 40.6 Å². The molecule has 0 unspecified atom stereocenters. The number of hydrogen-bond donors (Lipinski definition) is 0. The Bertz CT molecular complexity index is 951. The maximum atomic E-state index is 12.5. The highest BCUT2D eigenvalue weighted by molar-refractivity contribution is 6.42. The van der Waals surface area contributed by atoms with Gasteiger partial charge in [0, 0.05) is 26.2 Å². The highest BCUT2D eigenvalue weighted by Crippen LogP contribution is 2.23. The molecule has 0 aliphatic carbocycles. The first-order valence-electron chi connectivity index (χ1n) is 8.24. The van der Waals surface area contributed by atoms with E-state index >= 15 is 0 Å². The fourth-order valence-corrected chi connectivity index (χ4v) is 3.33. The number of carbonyl (C=O) groups excluding carboxylic acids is 1. The van der Waals surface area contributed by atoms with Gasteiger partial charge in [0.1, 0.15) is 12.1 Å². The topological polar surface area (TPSA) is 66.6 Å². The van der Waals surface area contributed by atoms with E-state index in [1.54, 1.807) is 23.0 Å². The van der Waals surface area contributed by atoms with Gasteiger partial charge in [-0.1, -0.05) is 29.3 Å². The highest BCUT2D eigenvalue weighted by Gasteiger charge is 2.22. The Labute approximate surface area is 160 Å². The second-order valence-corrected chi connectivity index (χ2v) is 6.93. The van der Waals surface area contributed by atoms with Gasteiger partial charge >= 0.3 is 0 Å². The van der Waals surface area contributed by atoms with Gasteiger partial charge in [0.05, 0.1) is 16.5 Å². The van der Waals surface area contributed by atoms with E-state index in [9.17, 15) is 4.79 Å². The number of carbonyl (C=O) groups is 1. The van der Waals surface area contributed by atoms with Crippen molar-refractivity contribution in [2.75, 3.05) is 31.1 Å². The summed E-state index contributed by atoms with van der Waals surface area (Å²) in [4.78, 5) is 16.6. The lowest BCUT2D eigenvalue weighted by Crippen LogP contribution is -2.49. The minimum Gasteiger partial charge on any atom is -0.352 e. The van der Waals surface area contributed by atoms with Crippen LogP contribution in [-0.2, 0) is 11.2 Å². The van der Waals surface area contributed by atoms with Crippen LogP contribution >= 0.6 is 23.2 Å². The van der Waals surface area contributed by atoms with Crippen LogP contribution in [-0.4, -0.2) is 56.8 Å². The van der Waals surface area contributed by atoms with Crippen LogP contribution < -0.4 is 4.90 Å². The number of nitrogens with zero attached hydrogens (tertiary/aromatic N) is 6. The summed E-state index contributed by atoms with van der Waals surface area (Å²) in [5.74, 6) is 0.944. The van der Waals surface area contributed by atoms with E-state index < -0.39 is 0 Å². The average Bonchev–Trinajstić information content (AvgIpc) is 3.12. The maximum absolute atomic E-state index is 12.5. The first-order valence-corrected chi connectivity index (χ1v) is 8.99. The van der Waals surface area contributed by atoms with Gasteiger partial charge in [-0.25, -0.2) is 0 Å². The average molecular weight is 391 g/mol. The molecule has 1 amide bonds. The highest BCUT2D eigenvalue weighted by atomic mass is 35.5. The van der Waals surface area contributed by atoms with Gasteiger partial charge in [0.15, 0.2) is 5.65 Å². The molecule has 7 nitrogen and oxygen atoms in total. The van der Waals surface area contributed by atoms with Gasteiger partial charge in [0.2, 0.25) is 5.91 Å². The Balaban J connectivity index is 1.37. The third-order valence-electron chi connectivity index (χ3n) is 4.44. The molecular formula is C17H16Cl2N6O. The summed E-state index contributed by atoms with van der Waals surface area (Å²) in [5.41, 5.74) is 1.58. The van der Waals surface area contributed by atoms with Crippen molar-refractivity contribution in [2.45, 2.75) is 6.42 Å². The lowest BCUT2D eigenvalue weighted by Gasteiger charge is -2.35. The van der Waals surface area contributed by atoms with Crippen LogP contribution in [0.4, 0.5) is 5.82 Å². The van der Waals surface area contributed by atoms with Crippen molar-refractivity contribution in [3.8, 4) is 0 Å². The molecule has 1 aromatic carbocycles. The van der Waals surface area contributed by atoms with Crippen LogP contribution in [0.3, 0.4) is 0 Å². The molecule has 1 aliphatic rings. The number of amides is 1. The second kappa shape index (κ2) is 7.09. The largest absolute Gasteiger partial charge is 0.352 e. The number of aromatic nitrogens is 4. The Hall–Kier alpha value is -2.38. The summed E-state index contributed by atoms with van der Waals surface area (Å²) in [6.07, 6.45) is 1.90. The first-order chi connectivity index (χ1) is 12.6. The minimum atomic E-state index is 0.0882. The first kappa shape index (κ1) is 17.1. The molecular weight excluding hydrogens is 375 g/mol. The molecule has 2 aromatic heterocycles. The molecule has 1 fully saturated rings. The van der Waals surface area contributed by atoms with Crippen molar-refractivity contribution < 1.29 is 4.79 Å². The van der Waals surface area contributed by atoms with E-state index in [1.807, 2.05) is 23.1 Å². The Morgan fingerprint density at radius 2 is 1.85 bits per heavy atom. The lowest BCUT2D eigenvalue weighted by molar-refractivity contribution is -0.130. The molecule has 0 N–H and O–H groups in total. The monoisotopic (exact) mass is 390 g/mol.